The lowest BCUT2D eigenvalue weighted by atomic mass is 9.94. The fourth-order valence-corrected chi connectivity index (χ4v) is 15.3. The number of fused-ring (bicyclic) bond motifs is 1. The fraction of sp³-hybridized carbons (Fsp3) is 0.731. The summed E-state index contributed by atoms with van der Waals surface area (Å²) >= 11 is 1.78. The number of carbonyl (C=O) groups excluding carboxylic acids is 8. The number of benzene rings is 1. The summed E-state index contributed by atoms with van der Waals surface area (Å²) in [7, 11) is 0. The Morgan fingerprint density at radius 3 is 1.39 bits per heavy atom. The van der Waals surface area contributed by atoms with Crippen LogP contribution in [0.3, 0.4) is 0 Å². The number of rotatable bonds is 39. The summed E-state index contributed by atoms with van der Waals surface area (Å²) in [6.07, 6.45) is -13.8. The molecule has 23 atom stereocenters. The van der Waals surface area contributed by atoms with Crippen LogP contribution in [0.2, 0.25) is 0 Å². The van der Waals surface area contributed by atoms with Gasteiger partial charge in [-0.15, -0.1) is 10.2 Å². The number of aliphatic hydroxyl groups is 10. The molecule has 2 aromatic heterocycles. The molecule has 41 nitrogen and oxygen atoms in total. The van der Waals surface area contributed by atoms with Crippen molar-refractivity contribution in [1.82, 2.24) is 72.5 Å². The summed E-state index contributed by atoms with van der Waals surface area (Å²) in [5.74, 6) is -3.05. The number of urea groups is 1. The highest BCUT2D eigenvalue weighted by Gasteiger charge is 2.54. The molecule has 0 saturated carbocycles. The van der Waals surface area contributed by atoms with Crippen molar-refractivity contribution in [2.45, 2.75) is 264 Å². The molecule has 9 rings (SSSR count). The smallest absolute Gasteiger partial charge is 0.315 e. The van der Waals surface area contributed by atoms with Crippen molar-refractivity contribution in [3.05, 3.63) is 53.1 Å². The van der Waals surface area contributed by atoms with E-state index in [1.54, 1.807) is 33.5 Å². The number of nitrogens with one attached hydrogen (secondary N) is 9. The van der Waals surface area contributed by atoms with Gasteiger partial charge in [-0.2, -0.15) is 11.8 Å². The number of ether oxygens (including phenoxy) is 8. The Morgan fingerprint density at radius 2 is 0.945 bits per heavy atom. The van der Waals surface area contributed by atoms with Crippen molar-refractivity contribution in [2.24, 2.45) is 0 Å². The minimum atomic E-state index is -1.67. The van der Waals surface area contributed by atoms with Gasteiger partial charge in [0.05, 0.1) is 64.0 Å². The molecular weight excluding hydrogens is 1460 g/mol. The standard InChI is InChI=1S/C67H103N15O26S/c1-32(87)70-49-55(94)53(92)42(27-83)103-65(49)107-59-44(29-85)105-63(51(57(59)96)72-34(3)89)101-18-12-6-5-10-16-81-25-39(77-79-81)23-68-61(98)36-20-37(22-38(21-36)74-47(91)15-9-8-14-46-48-41(31-109-46)75-67(100)76-48)62(99)69-24-40-26-82(80-78-40)17-11-7-13-19-102-64-52(73-35(4)90)58(97)60(45(30-86)106-64)108-66-50(71-33(2)88)56(95)54(93)43(28-84)104-66/h20-22,25-26,41-46,48-60,63-66,83-86,92-97H,5-19,23-24,27-31H2,1-4H3,(H,68,98)(H,69,99)(H,70,87)(H,71,88)(H,72,89)(H,73,90)(H,74,91)(H2,75,76,100)/t41-,42?,43?,44?,45?,46-,48-,49?,50?,51?,52?,53+,54+,55-,56-,57-,58-,59+,60+,63-,64-,65-,66-/m1/s1. The summed E-state index contributed by atoms with van der Waals surface area (Å²) in [5.41, 5.74) is 1.13. The quantitative estimate of drug-likeness (QED) is 0.0187. The molecule has 0 aliphatic carbocycles. The van der Waals surface area contributed by atoms with Gasteiger partial charge in [0.2, 0.25) is 29.5 Å². The number of unbranched alkanes of at least 4 members (excludes halogenated alkanes) is 6. The van der Waals surface area contributed by atoms with Crippen LogP contribution in [0.25, 0.3) is 0 Å². The first-order valence-electron chi connectivity index (χ1n) is 36.5. The van der Waals surface area contributed by atoms with E-state index in [1.807, 2.05) is 0 Å². The number of hydrogen-bond acceptors (Lipinski definition) is 31. The zero-order valence-corrected chi connectivity index (χ0v) is 61.6. The van der Waals surface area contributed by atoms with E-state index in [1.165, 1.54) is 32.0 Å². The van der Waals surface area contributed by atoms with Gasteiger partial charge >= 0.3 is 6.03 Å². The van der Waals surface area contributed by atoms with Crippen molar-refractivity contribution >= 4 is 64.8 Å². The summed E-state index contributed by atoms with van der Waals surface area (Å²) in [4.78, 5) is 102. The van der Waals surface area contributed by atoms with Gasteiger partial charge in [-0.05, 0) is 63.1 Å². The Hall–Kier alpha value is -7.31. The molecule has 109 heavy (non-hydrogen) atoms. The van der Waals surface area contributed by atoms with Crippen LogP contribution < -0.4 is 47.9 Å². The van der Waals surface area contributed by atoms with Gasteiger partial charge in [-0.3, -0.25) is 42.9 Å². The topological polar surface area (TPSA) is 582 Å². The number of thioether (sulfide) groups is 1. The molecule has 9 amide bonds. The second-order valence-electron chi connectivity index (χ2n) is 27.7. The van der Waals surface area contributed by atoms with Crippen molar-refractivity contribution in [3.8, 4) is 0 Å². The second kappa shape index (κ2) is 41.3. The van der Waals surface area contributed by atoms with Crippen LogP contribution in [-0.2, 0) is 88.0 Å². The average Bonchev–Trinajstić information content (AvgIpc) is 1.72. The minimum Gasteiger partial charge on any atom is -0.394 e. The first-order valence-corrected chi connectivity index (χ1v) is 37.6. The molecule has 8 heterocycles. The number of anilines is 1. The van der Waals surface area contributed by atoms with Crippen LogP contribution in [-0.4, -0.2) is 314 Å². The molecule has 0 radical (unpaired) electrons. The zero-order chi connectivity index (χ0) is 78.6. The Bertz CT molecular complexity index is 3500. The third kappa shape index (κ3) is 23.6. The van der Waals surface area contributed by atoms with Crippen LogP contribution in [0.5, 0.6) is 0 Å². The van der Waals surface area contributed by atoms with Crippen molar-refractivity contribution in [3.63, 3.8) is 0 Å². The van der Waals surface area contributed by atoms with E-state index in [0.717, 1.165) is 32.4 Å². The highest BCUT2D eigenvalue weighted by molar-refractivity contribution is 8.00. The Kier molecular flexibility index (Phi) is 32.5. The summed E-state index contributed by atoms with van der Waals surface area (Å²) in [5, 5.41) is 147. The summed E-state index contributed by atoms with van der Waals surface area (Å²) in [6.45, 7) is 2.79. The highest BCUT2D eigenvalue weighted by Crippen LogP contribution is 2.35. The second-order valence-corrected chi connectivity index (χ2v) is 29.0. The molecule has 19 N–H and O–H groups in total. The Balaban J connectivity index is 0.729. The van der Waals surface area contributed by atoms with E-state index in [4.69, 9.17) is 37.9 Å². The van der Waals surface area contributed by atoms with Crippen LogP contribution in [0.15, 0.2) is 30.6 Å². The number of amides is 9. The molecule has 1 aromatic carbocycles. The largest absolute Gasteiger partial charge is 0.394 e. The van der Waals surface area contributed by atoms with Crippen LogP contribution in [0, 0.1) is 0 Å². The molecule has 3 aromatic rings. The normalized spacial score (nSPS) is 31.5. The fourth-order valence-electron chi connectivity index (χ4n) is 13.8. The predicted molar refractivity (Wildman–Crippen MR) is 375 cm³/mol. The lowest BCUT2D eigenvalue weighted by Gasteiger charge is -2.48. The summed E-state index contributed by atoms with van der Waals surface area (Å²) in [6, 6.07) is -0.989. The van der Waals surface area contributed by atoms with E-state index in [-0.39, 0.29) is 78.8 Å². The number of carbonyl (C=O) groups is 8. The average molecular weight is 1570 g/mol. The van der Waals surface area contributed by atoms with Gasteiger partial charge in [0.25, 0.3) is 11.8 Å². The van der Waals surface area contributed by atoms with Crippen LogP contribution >= 0.6 is 11.8 Å². The van der Waals surface area contributed by atoms with Gasteiger partial charge in [-0.25, -0.2) is 4.79 Å². The molecule has 42 heteroatoms. The SMILES string of the molecule is CC(=O)NC1[C@@H](O[C@H]2C(CO)O[C@@H](OCCCCCCn3cc(CNC(=O)c4cc(NC(=O)CCCC[C@H]5SC[C@H]6NC(=O)N[C@H]65)cc(C(=O)NCc5cn(CCCCCO[C@@H]6OC(CO)[C@H](O[C@H]7OC(CO)[C@H](O)[C@H](O)C7NC(C)=O)[C@H](O)C6NC(C)=O)nn5)c4)nn3)C(NC(C)=O)[C@H]2O)OC(CO)[C@H](O)[C@@H]1O. The number of aryl methyl sites for hydroxylation is 2. The lowest BCUT2D eigenvalue weighted by Crippen LogP contribution is -2.69. The van der Waals surface area contributed by atoms with E-state index in [2.05, 4.69) is 68.5 Å². The monoisotopic (exact) mass is 1570 g/mol. The molecule has 6 aliphatic heterocycles. The first-order chi connectivity index (χ1) is 52.2. The van der Waals surface area contributed by atoms with E-state index in [9.17, 15) is 89.4 Å². The number of hydrogen-bond donors (Lipinski definition) is 19. The number of aliphatic hydroxyl groups excluding tert-OH is 10. The molecule has 6 saturated heterocycles. The van der Waals surface area contributed by atoms with Gasteiger partial charge in [0, 0.05) is 88.2 Å². The van der Waals surface area contributed by atoms with Gasteiger partial charge in [-0.1, -0.05) is 29.7 Å². The molecule has 6 aliphatic rings. The van der Waals surface area contributed by atoms with Crippen LogP contribution in [0.1, 0.15) is 130 Å². The third-order valence-electron chi connectivity index (χ3n) is 19.3. The minimum absolute atomic E-state index is 0.0276. The molecule has 8 unspecified atom stereocenters. The number of nitrogens with zero attached hydrogens (tertiary/aromatic N) is 6. The molecule has 0 spiro atoms. The van der Waals surface area contributed by atoms with Crippen LogP contribution in [0.4, 0.5) is 10.5 Å². The molecular formula is C67H103N15O26S. The van der Waals surface area contributed by atoms with E-state index in [0.29, 0.717) is 75.8 Å². The maximum atomic E-state index is 13.9. The van der Waals surface area contributed by atoms with E-state index >= 15 is 0 Å². The van der Waals surface area contributed by atoms with Gasteiger partial charge < -0.3 is 137 Å². The third-order valence-corrected chi connectivity index (χ3v) is 20.8. The lowest BCUT2D eigenvalue weighted by molar-refractivity contribution is -0.332. The maximum absolute atomic E-state index is 13.9. The molecule has 0 bridgehead atoms. The van der Waals surface area contributed by atoms with Crippen molar-refractivity contribution in [1.29, 1.82) is 0 Å². The number of aromatic nitrogens is 6. The summed E-state index contributed by atoms with van der Waals surface area (Å²) < 4.78 is 50.5. The van der Waals surface area contributed by atoms with Crippen molar-refractivity contribution in [2.75, 3.05) is 50.7 Å². The Morgan fingerprint density at radius 1 is 0.523 bits per heavy atom. The first kappa shape index (κ1) is 85.7. The highest BCUT2D eigenvalue weighted by atomic mass is 32.2. The van der Waals surface area contributed by atoms with E-state index < -0.39 is 184 Å². The maximum Gasteiger partial charge on any atom is 0.315 e. The zero-order valence-electron chi connectivity index (χ0n) is 60.8. The predicted octanol–water partition coefficient (Wildman–Crippen LogP) is -6.02. The molecule has 6 fully saturated rings. The van der Waals surface area contributed by atoms with Crippen molar-refractivity contribution < 1.29 is 127 Å². The molecule has 608 valence electrons. The Labute approximate surface area is 630 Å². The van der Waals surface area contributed by atoms with Gasteiger partial charge in [0.15, 0.2) is 25.2 Å². The van der Waals surface area contributed by atoms with Gasteiger partial charge in [0.1, 0.15) is 109 Å².